The average molecular weight is 991 g/mol. The van der Waals surface area contributed by atoms with Gasteiger partial charge in [-0.2, -0.15) is 0 Å². The molecule has 0 heterocycles. The first kappa shape index (κ1) is 67.2. The fourth-order valence-corrected chi connectivity index (χ4v) is 8.78. The summed E-state index contributed by atoms with van der Waals surface area (Å²) >= 11 is 0. The van der Waals surface area contributed by atoms with Crippen molar-refractivity contribution in [2.75, 3.05) is 54.1 Å². The Labute approximate surface area is 428 Å². The van der Waals surface area contributed by atoms with Gasteiger partial charge >= 0.3 is 5.97 Å². The third-order valence-corrected chi connectivity index (χ3v) is 13.5. The lowest BCUT2D eigenvalue weighted by molar-refractivity contribution is -0.870. The largest absolute Gasteiger partial charge is 0.756 e. The maximum absolute atomic E-state index is 12.8. The zero-order valence-electron chi connectivity index (χ0n) is 46.0. The quantitative estimate of drug-likeness (QED) is 0.0197. The lowest BCUT2D eigenvalue weighted by atomic mass is 10.0. The number of rotatable bonds is 54. The lowest BCUT2D eigenvalue weighted by Gasteiger charge is -2.28. The molecule has 8 nitrogen and oxygen atoms in total. The highest BCUT2D eigenvalue weighted by molar-refractivity contribution is 7.45. The van der Waals surface area contributed by atoms with Gasteiger partial charge in [0.25, 0.3) is 7.82 Å². The van der Waals surface area contributed by atoms with Gasteiger partial charge in [0.15, 0.2) is 0 Å². The third kappa shape index (κ3) is 57.0. The first-order valence-electron chi connectivity index (χ1n) is 29.0. The van der Waals surface area contributed by atoms with Crippen molar-refractivity contribution in [3.63, 3.8) is 0 Å². The molecule has 0 N–H and O–H groups in total. The van der Waals surface area contributed by atoms with Crippen LogP contribution in [0.4, 0.5) is 0 Å². The Kier molecular flexibility index (Phi) is 51.2. The summed E-state index contributed by atoms with van der Waals surface area (Å²) in [5, 5.41) is 0. The molecule has 0 rings (SSSR count). The summed E-state index contributed by atoms with van der Waals surface area (Å²) in [6.45, 7) is 5.40. The number of carbonyl (C=O) groups is 1. The summed E-state index contributed by atoms with van der Waals surface area (Å²) in [6, 6.07) is 0. The fraction of sp³-hybridized carbons (Fsp3) is 0.817. The normalized spacial score (nSPS) is 13.9. The first-order chi connectivity index (χ1) is 33.6. The van der Waals surface area contributed by atoms with Gasteiger partial charge in [0.2, 0.25) is 0 Å². The molecule has 404 valence electrons. The molecule has 0 radical (unpaired) electrons. The average Bonchev–Trinajstić information content (AvgIpc) is 3.31. The maximum Gasteiger partial charge on any atom is 0.306 e. The molecule has 0 amide bonds. The molecule has 0 aliphatic heterocycles. The van der Waals surface area contributed by atoms with Crippen molar-refractivity contribution in [3.8, 4) is 0 Å². The molecule has 69 heavy (non-hydrogen) atoms. The molecule has 0 spiro atoms. The van der Waals surface area contributed by atoms with Crippen molar-refractivity contribution in [1.29, 1.82) is 0 Å². The predicted octanol–water partition coefficient (Wildman–Crippen LogP) is 17.8. The number of allylic oxidation sites excluding steroid dienone is 10. The van der Waals surface area contributed by atoms with Gasteiger partial charge in [-0.25, -0.2) is 0 Å². The number of unbranched alkanes of at least 4 members (excludes halogenated alkanes) is 30. The Morgan fingerprint density at radius 3 is 1.19 bits per heavy atom. The van der Waals surface area contributed by atoms with Crippen LogP contribution in [0.1, 0.15) is 258 Å². The van der Waals surface area contributed by atoms with Crippen LogP contribution in [0, 0.1) is 0 Å². The minimum atomic E-state index is -4.54. The monoisotopic (exact) mass is 990 g/mol. The summed E-state index contributed by atoms with van der Waals surface area (Å²) in [5.41, 5.74) is 0. The minimum absolute atomic E-state index is 0.0218. The summed E-state index contributed by atoms with van der Waals surface area (Å²) in [7, 11) is 1.35. The zero-order valence-corrected chi connectivity index (χ0v) is 46.9. The Morgan fingerprint density at radius 1 is 0.449 bits per heavy atom. The zero-order chi connectivity index (χ0) is 50.5. The molecular formula is C60H112NO7P. The maximum atomic E-state index is 12.8. The van der Waals surface area contributed by atoms with Gasteiger partial charge in [-0.1, -0.05) is 229 Å². The number of phosphoric acid groups is 1. The van der Waals surface area contributed by atoms with Crippen molar-refractivity contribution in [2.24, 2.45) is 0 Å². The molecule has 2 atom stereocenters. The summed E-state index contributed by atoms with van der Waals surface area (Å²) in [5.74, 6) is -0.344. The first-order valence-corrected chi connectivity index (χ1v) is 30.5. The van der Waals surface area contributed by atoms with Crippen molar-refractivity contribution in [1.82, 2.24) is 0 Å². The predicted molar refractivity (Wildman–Crippen MR) is 296 cm³/mol. The molecule has 0 aromatic carbocycles. The second-order valence-electron chi connectivity index (χ2n) is 20.6. The summed E-state index contributed by atoms with van der Waals surface area (Å²) in [4.78, 5) is 25.3. The van der Waals surface area contributed by atoms with Gasteiger partial charge in [0, 0.05) is 13.0 Å². The van der Waals surface area contributed by atoms with Crippen LogP contribution in [0.25, 0.3) is 0 Å². The van der Waals surface area contributed by atoms with Crippen molar-refractivity contribution < 1.29 is 37.3 Å². The van der Waals surface area contributed by atoms with Crippen molar-refractivity contribution in [2.45, 2.75) is 264 Å². The van der Waals surface area contributed by atoms with Crippen LogP contribution in [-0.2, 0) is 27.9 Å². The number of quaternary nitrogens is 1. The van der Waals surface area contributed by atoms with E-state index in [1.54, 1.807) is 0 Å². The molecular weight excluding hydrogens is 878 g/mol. The van der Waals surface area contributed by atoms with Crippen molar-refractivity contribution in [3.05, 3.63) is 60.8 Å². The number of carbonyl (C=O) groups excluding carboxylic acids is 1. The van der Waals surface area contributed by atoms with E-state index in [4.69, 9.17) is 18.5 Å². The number of phosphoric ester groups is 1. The number of likely N-dealkylation sites (N-methyl/N-ethyl adjacent to an activating group) is 1. The second-order valence-corrected chi connectivity index (χ2v) is 22.1. The number of esters is 1. The molecule has 0 aromatic rings. The number of hydrogen-bond donors (Lipinski definition) is 0. The third-order valence-electron chi connectivity index (χ3n) is 12.5. The highest BCUT2D eigenvalue weighted by atomic mass is 31.2. The van der Waals surface area contributed by atoms with E-state index >= 15 is 0 Å². The lowest BCUT2D eigenvalue weighted by Crippen LogP contribution is -2.37. The standard InChI is InChI=1S/C60H112NO7P/c1-6-8-10-12-14-16-18-20-22-24-26-28-29-30-31-32-34-36-38-40-42-44-46-48-50-52-55-65-57-59(58-67-69(63,64)66-56-54-61(3,4)5)68-60(62)53-51-49-47-45-43-41-39-37-35-33-27-25-23-21-19-17-15-13-11-9-7-2/h18-21,24-27,35,37,59H,6-17,22-23,28-34,36,38-58H2,1-5H3/b20-18-,21-19-,26-24-,27-25-,37-35-. The number of hydrogen-bond acceptors (Lipinski definition) is 7. The van der Waals surface area contributed by atoms with E-state index in [-0.39, 0.29) is 25.8 Å². The molecule has 0 fully saturated rings. The van der Waals surface area contributed by atoms with Crippen LogP contribution in [-0.4, -0.2) is 70.7 Å². The van der Waals surface area contributed by atoms with E-state index in [9.17, 15) is 14.3 Å². The topological polar surface area (TPSA) is 94.1 Å². The van der Waals surface area contributed by atoms with Gasteiger partial charge in [-0.15, -0.1) is 0 Å². The molecule has 9 heteroatoms. The van der Waals surface area contributed by atoms with E-state index in [1.165, 1.54) is 173 Å². The van der Waals surface area contributed by atoms with E-state index in [2.05, 4.69) is 74.6 Å². The Balaban J connectivity index is 4.09. The van der Waals surface area contributed by atoms with Crippen LogP contribution in [0.15, 0.2) is 60.8 Å². The summed E-state index contributed by atoms with van der Waals surface area (Å²) < 4.78 is 34.8. The van der Waals surface area contributed by atoms with Gasteiger partial charge in [0.05, 0.1) is 34.4 Å². The molecule has 0 saturated carbocycles. The molecule has 2 unspecified atom stereocenters. The van der Waals surface area contributed by atoms with Crippen LogP contribution >= 0.6 is 7.82 Å². The molecule has 0 aliphatic carbocycles. The second kappa shape index (κ2) is 52.5. The van der Waals surface area contributed by atoms with E-state index in [0.29, 0.717) is 24.1 Å². The van der Waals surface area contributed by atoms with Crippen LogP contribution in [0.3, 0.4) is 0 Å². The van der Waals surface area contributed by atoms with Crippen LogP contribution in [0.5, 0.6) is 0 Å². The highest BCUT2D eigenvalue weighted by Gasteiger charge is 2.20. The number of ether oxygens (including phenoxy) is 2. The Bertz CT molecular complexity index is 1290. The van der Waals surface area contributed by atoms with E-state index in [0.717, 1.165) is 64.2 Å². The number of nitrogens with zero attached hydrogens (tertiary/aromatic N) is 1. The van der Waals surface area contributed by atoms with Gasteiger partial charge in [-0.05, 0) is 83.5 Å². The van der Waals surface area contributed by atoms with E-state index < -0.39 is 13.9 Å². The summed E-state index contributed by atoms with van der Waals surface area (Å²) in [6.07, 6.45) is 68.3. The van der Waals surface area contributed by atoms with Crippen LogP contribution < -0.4 is 4.89 Å². The van der Waals surface area contributed by atoms with Crippen molar-refractivity contribution >= 4 is 13.8 Å². The molecule has 0 aliphatic rings. The van der Waals surface area contributed by atoms with E-state index in [1.807, 2.05) is 21.1 Å². The minimum Gasteiger partial charge on any atom is -0.756 e. The van der Waals surface area contributed by atoms with Gasteiger partial charge in [0.1, 0.15) is 19.3 Å². The highest BCUT2D eigenvalue weighted by Crippen LogP contribution is 2.38. The molecule has 0 aromatic heterocycles. The Hall–Kier alpha value is -1.80. The van der Waals surface area contributed by atoms with Gasteiger partial charge in [-0.3, -0.25) is 9.36 Å². The fourth-order valence-electron chi connectivity index (χ4n) is 8.06. The Morgan fingerprint density at radius 2 is 0.797 bits per heavy atom. The smallest absolute Gasteiger partial charge is 0.306 e. The van der Waals surface area contributed by atoms with Crippen LogP contribution in [0.2, 0.25) is 0 Å². The SMILES string of the molecule is CCCCCCC/C=C\C/C=C\C/C=C\CCCCCCCCC(=O)OC(COCCCCCCCCCCCCCCCC/C=C\C/C=C\CCCCCCC)COP(=O)([O-])OCC[N+](C)(C)C. The van der Waals surface area contributed by atoms with Gasteiger partial charge < -0.3 is 27.9 Å². The molecule has 0 bridgehead atoms. The molecule has 0 saturated heterocycles.